The summed E-state index contributed by atoms with van der Waals surface area (Å²) in [5.41, 5.74) is 5.25. The Kier molecular flexibility index (Phi) is 5.36. The summed E-state index contributed by atoms with van der Waals surface area (Å²) in [6, 6.07) is 14.1. The van der Waals surface area contributed by atoms with Gasteiger partial charge in [0.05, 0.1) is 18.4 Å². The largest absolute Gasteiger partial charge is 0.332 e. The van der Waals surface area contributed by atoms with Crippen molar-refractivity contribution in [3.63, 3.8) is 0 Å². The van der Waals surface area contributed by atoms with E-state index < -0.39 is 0 Å². The highest BCUT2D eigenvalue weighted by atomic mass is 35.5. The average Bonchev–Trinajstić information content (AvgIpc) is 3.00. The van der Waals surface area contributed by atoms with Crippen LogP contribution in [0.5, 0.6) is 0 Å². The van der Waals surface area contributed by atoms with Crippen LogP contribution in [-0.4, -0.2) is 14.9 Å². The van der Waals surface area contributed by atoms with E-state index in [0.717, 1.165) is 23.5 Å². The number of hydrogen-bond donors (Lipinski definition) is 2. The second kappa shape index (κ2) is 7.68. The minimum absolute atomic E-state index is 0.500. The number of benzene rings is 2. The maximum absolute atomic E-state index is 6.03. The van der Waals surface area contributed by atoms with Crippen LogP contribution in [0, 0.1) is 13.8 Å². The van der Waals surface area contributed by atoms with Crippen molar-refractivity contribution in [2.24, 2.45) is 0 Å². The highest BCUT2D eigenvalue weighted by molar-refractivity contribution is 7.80. The molecule has 0 atom stereocenters. The van der Waals surface area contributed by atoms with E-state index >= 15 is 0 Å². The third-order valence-electron chi connectivity index (χ3n) is 3.80. The van der Waals surface area contributed by atoms with Crippen LogP contribution < -0.4 is 10.6 Å². The first kappa shape index (κ1) is 17.5. The van der Waals surface area contributed by atoms with Crippen LogP contribution in [0.1, 0.15) is 16.7 Å². The Hall–Kier alpha value is -2.37. The van der Waals surface area contributed by atoms with Crippen molar-refractivity contribution in [3.8, 4) is 0 Å². The van der Waals surface area contributed by atoms with Gasteiger partial charge < -0.3 is 10.6 Å². The molecule has 1 aromatic heterocycles. The number of aromatic nitrogens is 2. The molecule has 0 aliphatic carbocycles. The summed E-state index contributed by atoms with van der Waals surface area (Å²) in [5, 5.41) is 11.8. The molecule has 4 nitrogen and oxygen atoms in total. The Morgan fingerprint density at radius 3 is 2.64 bits per heavy atom. The molecule has 0 amide bonds. The summed E-state index contributed by atoms with van der Waals surface area (Å²) < 4.78 is 1.88. The van der Waals surface area contributed by atoms with Gasteiger partial charge in [-0.1, -0.05) is 47.5 Å². The van der Waals surface area contributed by atoms with Gasteiger partial charge in [0, 0.05) is 16.9 Å². The molecule has 1 heterocycles. The minimum atomic E-state index is 0.500. The number of halogens is 1. The fourth-order valence-electron chi connectivity index (χ4n) is 2.41. The van der Waals surface area contributed by atoms with Gasteiger partial charge in [-0.15, -0.1) is 0 Å². The summed E-state index contributed by atoms with van der Waals surface area (Å²) in [6.07, 6.45) is 3.69. The molecule has 0 aliphatic rings. The lowest BCUT2D eigenvalue weighted by atomic mass is 10.1. The maximum Gasteiger partial charge on any atom is 0.175 e. The standard InChI is InChI=1S/C19H19ClN4S/c1-13-3-6-15(7-4-13)11-24-12-17(10-21-24)22-19(25)23-18-9-16(20)8-5-14(18)2/h3-10,12H,11H2,1-2H3,(H2,22,23,25). The summed E-state index contributed by atoms with van der Waals surface area (Å²) in [4.78, 5) is 0. The van der Waals surface area contributed by atoms with Crippen LogP contribution in [-0.2, 0) is 6.54 Å². The smallest absolute Gasteiger partial charge is 0.175 e. The first-order valence-electron chi connectivity index (χ1n) is 7.92. The normalized spacial score (nSPS) is 10.5. The van der Waals surface area contributed by atoms with Crippen molar-refractivity contribution in [1.82, 2.24) is 9.78 Å². The molecule has 0 saturated heterocycles. The summed E-state index contributed by atoms with van der Waals surface area (Å²) in [7, 11) is 0. The van der Waals surface area contributed by atoms with Crippen LogP contribution in [0.15, 0.2) is 54.9 Å². The second-order valence-electron chi connectivity index (χ2n) is 5.95. The number of aryl methyl sites for hydroxylation is 2. The zero-order valence-corrected chi connectivity index (χ0v) is 15.7. The summed E-state index contributed by atoms with van der Waals surface area (Å²) in [6.45, 7) is 4.80. The van der Waals surface area contributed by atoms with E-state index in [0.29, 0.717) is 10.1 Å². The Morgan fingerprint density at radius 1 is 1.12 bits per heavy atom. The molecule has 0 bridgehead atoms. The molecule has 3 aromatic rings. The first-order valence-corrected chi connectivity index (χ1v) is 8.70. The molecule has 0 fully saturated rings. The van der Waals surface area contributed by atoms with Gasteiger partial charge >= 0.3 is 0 Å². The van der Waals surface area contributed by atoms with Gasteiger partial charge in [-0.05, 0) is 49.3 Å². The van der Waals surface area contributed by atoms with Crippen LogP contribution in [0.25, 0.3) is 0 Å². The Balaban J connectivity index is 1.61. The van der Waals surface area contributed by atoms with Crippen molar-refractivity contribution in [3.05, 3.63) is 76.6 Å². The molecule has 0 unspecified atom stereocenters. The highest BCUT2D eigenvalue weighted by Crippen LogP contribution is 2.20. The molecule has 128 valence electrons. The molecule has 0 saturated carbocycles. The molecule has 3 rings (SSSR count). The molecule has 2 N–H and O–H groups in total. The lowest BCUT2D eigenvalue weighted by Crippen LogP contribution is -2.19. The van der Waals surface area contributed by atoms with E-state index in [1.807, 2.05) is 36.0 Å². The van der Waals surface area contributed by atoms with Gasteiger partial charge in [0.15, 0.2) is 5.11 Å². The average molecular weight is 371 g/mol. The van der Waals surface area contributed by atoms with E-state index in [1.54, 1.807) is 6.20 Å². The fourth-order valence-corrected chi connectivity index (χ4v) is 2.81. The van der Waals surface area contributed by atoms with Crippen molar-refractivity contribution in [2.45, 2.75) is 20.4 Å². The van der Waals surface area contributed by atoms with Crippen LogP contribution in [0.4, 0.5) is 11.4 Å². The number of rotatable bonds is 4. The van der Waals surface area contributed by atoms with Crippen molar-refractivity contribution >= 4 is 40.3 Å². The minimum Gasteiger partial charge on any atom is -0.332 e. The molecular weight excluding hydrogens is 352 g/mol. The molecule has 6 heteroatoms. The molecular formula is C19H19ClN4S. The molecule has 0 aliphatic heterocycles. The van der Waals surface area contributed by atoms with Crippen molar-refractivity contribution in [2.75, 3.05) is 10.6 Å². The number of nitrogens with one attached hydrogen (secondary N) is 2. The lowest BCUT2D eigenvalue weighted by molar-refractivity contribution is 0.687. The number of thiocarbonyl (C=S) groups is 1. The zero-order valence-electron chi connectivity index (χ0n) is 14.1. The Morgan fingerprint density at radius 2 is 1.88 bits per heavy atom. The van der Waals surface area contributed by atoms with Crippen molar-refractivity contribution in [1.29, 1.82) is 0 Å². The topological polar surface area (TPSA) is 41.9 Å². The van der Waals surface area contributed by atoms with Gasteiger partial charge in [-0.3, -0.25) is 4.68 Å². The monoisotopic (exact) mass is 370 g/mol. The van der Waals surface area contributed by atoms with E-state index in [-0.39, 0.29) is 0 Å². The SMILES string of the molecule is Cc1ccc(Cn2cc(NC(=S)Nc3cc(Cl)ccc3C)cn2)cc1. The Bertz CT molecular complexity index is 887. The maximum atomic E-state index is 6.03. The fraction of sp³-hybridized carbons (Fsp3) is 0.158. The predicted molar refractivity (Wildman–Crippen MR) is 109 cm³/mol. The van der Waals surface area contributed by atoms with E-state index in [2.05, 4.69) is 46.9 Å². The summed E-state index contributed by atoms with van der Waals surface area (Å²) >= 11 is 11.4. The predicted octanol–water partition coefficient (Wildman–Crippen LogP) is 5.01. The van der Waals surface area contributed by atoms with Gasteiger partial charge in [0.2, 0.25) is 0 Å². The Labute approximate surface area is 157 Å². The van der Waals surface area contributed by atoms with Crippen molar-refractivity contribution < 1.29 is 0 Å². The highest BCUT2D eigenvalue weighted by Gasteiger charge is 2.05. The van der Waals surface area contributed by atoms with Crippen LogP contribution in [0.2, 0.25) is 5.02 Å². The van der Waals surface area contributed by atoms with Gasteiger partial charge in [0.25, 0.3) is 0 Å². The summed E-state index contributed by atoms with van der Waals surface area (Å²) in [5.74, 6) is 0. The van der Waals surface area contributed by atoms with Gasteiger partial charge in [-0.25, -0.2) is 0 Å². The number of nitrogens with zero attached hydrogens (tertiary/aromatic N) is 2. The van der Waals surface area contributed by atoms with Gasteiger partial charge in [0.1, 0.15) is 0 Å². The second-order valence-corrected chi connectivity index (χ2v) is 6.80. The quantitative estimate of drug-likeness (QED) is 0.633. The van der Waals surface area contributed by atoms with E-state index in [9.17, 15) is 0 Å². The number of anilines is 2. The van der Waals surface area contributed by atoms with E-state index in [4.69, 9.17) is 23.8 Å². The zero-order chi connectivity index (χ0) is 17.8. The van der Waals surface area contributed by atoms with E-state index in [1.165, 1.54) is 11.1 Å². The third-order valence-corrected chi connectivity index (χ3v) is 4.24. The lowest BCUT2D eigenvalue weighted by Gasteiger charge is -2.11. The molecule has 0 spiro atoms. The molecule has 2 aromatic carbocycles. The third kappa shape index (κ3) is 4.81. The van der Waals surface area contributed by atoms with Gasteiger partial charge in [-0.2, -0.15) is 5.10 Å². The first-order chi connectivity index (χ1) is 12.0. The molecule has 0 radical (unpaired) electrons. The van der Waals surface area contributed by atoms with Crippen LogP contribution >= 0.6 is 23.8 Å². The van der Waals surface area contributed by atoms with Crippen LogP contribution in [0.3, 0.4) is 0 Å². The number of hydrogen-bond acceptors (Lipinski definition) is 2. The molecule has 25 heavy (non-hydrogen) atoms.